The van der Waals surface area contributed by atoms with Crippen LogP contribution < -0.4 is 4.74 Å². The summed E-state index contributed by atoms with van der Waals surface area (Å²) in [5.74, 6) is -0.264. The summed E-state index contributed by atoms with van der Waals surface area (Å²) in [4.78, 5) is 32.7. The first-order chi connectivity index (χ1) is 19.0. The average molecular weight is 530 g/mol. The van der Waals surface area contributed by atoms with Crippen LogP contribution in [-0.4, -0.2) is 71.9 Å². The van der Waals surface area contributed by atoms with Crippen molar-refractivity contribution in [2.75, 3.05) is 39.4 Å². The van der Waals surface area contributed by atoms with Gasteiger partial charge in [0.2, 0.25) is 12.5 Å². The van der Waals surface area contributed by atoms with Crippen LogP contribution in [-0.2, 0) is 14.4 Å². The first-order valence-corrected chi connectivity index (χ1v) is 13.2. The fourth-order valence-corrected chi connectivity index (χ4v) is 4.73. The third-order valence-corrected chi connectivity index (χ3v) is 6.71. The van der Waals surface area contributed by atoms with Gasteiger partial charge in [-0.3, -0.25) is 9.69 Å². The zero-order valence-electron chi connectivity index (χ0n) is 22.2. The van der Waals surface area contributed by atoms with Gasteiger partial charge in [-0.1, -0.05) is 78.0 Å². The van der Waals surface area contributed by atoms with Gasteiger partial charge in [0.05, 0.1) is 18.4 Å². The number of oxime groups is 1. The highest BCUT2D eigenvalue weighted by atomic mass is 16.6. The Kier molecular flexibility index (Phi) is 10.1. The summed E-state index contributed by atoms with van der Waals surface area (Å²) in [7, 11) is 0. The summed E-state index contributed by atoms with van der Waals surface area (Å²) in [5, 5.41) is 12.5. The number of carbonyl (C=O) groups excluding carboxylic acids is 1. The molecule has 1 N–H and O–H groups in total. The largest absolute Gasteiger partial charge is 0.494 e. The summed E-state index contributed by atoms with van der Waals surface area (Å²) in [6, 6.07) is 28.6. The zero-order chi connectivity index (χ0) is 27.5. The first-order valence-electron chi connectivity index (χ1n) is 13.2. The third kappa shape index (κ3) is 8.15. The van der Waals surface area contributed by atoms with Crippen LogP contribution in [0.25, 0.3) is 0 Å². The number of carbonyl (C=O) groups is 2. The van der Waals surface area contributed by atoms with Gasteiger partial charge in [0.1, 0.15) is 5.75 Å². The van der Waals surface area contributed by atoms with E-state index < -0.39 is 12.6 Å². The van der Waals surface area contributed by atoms with Crippen molar-refractivity contribution in [1.29, 1.82) is 0 Å². The van der Waals surface area contributed by atoms with Crippen LogP contribution in [0.3, 0.4) is 0 Å². The van der Waals surface area contributed by atoms with Crippen molar-refractivity contribution in [3.05, 3.63) is 102 Å². The number of aliphatic carboxylic acids is 1. The standard InChI is InChI=1S/C31H35N3O5/c1-24(32-39-23-30(36)37)27-14-8-15-28(22-27)38-21-9-16-29(35)33-17-19-34(20-18-33)31(25-10-4-2-5-11-25)26-12-6-3-7-13-26/h2-8,10-15,22,31H,9,16-21,23H2,1H3,(H,36,37). The first kappa shape index (κ1) is 27.9. The molecule has 0 unspecified atom stereocenters. The van der Waals surface area contributed by atoms with E-state index in [-0.39, 0.29) is 11.9 Å². The molecular weight excluding hydrogens is 494 g/mol. The van der Waals surface area contributed by atoms with Gasteiger partial charge in [-0.2, -0.15) is 0 Å². The van der Waals surface area contributed by atoms with Crippen molar-refractivity contribution in [2.24, 2.45) is 5.16 Å². The minimum Gasteiger partial charge on any atom is -0.494 e. The molecule has 0 bridgehead atoms. The van der Waals surface area contributed by atoms with E-state index in [4.69, 9.17) is 14.7 Å². The topological polar surface area (TPSA) is 91.7 Å². The predicted molar refractivity (Wildman–Crippen MR) is 150 cm³/mol. The molecule has 39 heavy (non-hydrogen) atoms. The fourth-order valence-electron chi connectivity index (χ4n) is 4.73. The predicted octanol–water partition coefficient (Wildman–Crippen LogP) is 4.60. The molecular formula is C31H35N3O5. The molecule has 1 fully saturated rings. The number of piperazine rings is 1. The molecule has 1 aliphatic heterocycles. The number of hydrogen-bond donors (Lipinski definition) is 1. The quantitative estimate of drug-likeness (QED) is 0.209. The van der Waals surface area contributed by atoms with Crippen LogP contribution in [0, 0.1) is 0 Å². The van der Waals surface area contributed by atoms with Crippen molar-refractivity contribution < 1.29 is 24.3 Å². The van der Waals surface area contributed by atoms with Gasteiger partial charge in [0.25, 0.3) is 0 Å². The Hall–Kier alpha value is -4.17. The molecule has 0 aromatic heterocycles. The van der Waals surface area contributed by atoms with Crippen LogP contribution >= 0.6 is 0 Å². The number of ether oxygens (including phenoxy) is 1. The van der Waals surface area contributed by atoms with Crippen molar-refractivity contribution in [3.63, 3.8) is 0 Å². The molecule has 1 heterocycles. The highest BCUT2D eigenvalue weighted by Gasteiger charge is 2.27. The van der Waals surface area contributed by atoms with Gasteiger partial charge in [-0.25, -0.2) is 4.79 Å². The van der Waals surface area contributed by atoms with E-state index in [1.54, 1.807) is 6.92 Å². The molecule has 204 valence electrons. The highest BCUT2D eigenvalue weighted by Crippen LogP contribution is 2.29. The number of nitrogens with zero attached hydrogens (tertiary/aromatic N) is 3. The lowest BCUT2D eigenvalue weighted by Crippen LogP contribution is -2.49. The third-order valence-electron chi connectivity index (χ3n) is 6.71. The van der Waals surface area contributed by atoms with E-state index in [0.29, 0.717) is 44.0 Å². The lowest BCUT2D eigenvalue weighted by atomic mass is 9.96. The second-order valence-corrected chi connectivity index (χ2v) is 9.46. The van der Waals surface area contributed by atoms with Crippen LogP contribution in [0.15, 0.2) is 90.1 Å². The van der Waals surface area contributed by atoms with E-state index >= 15 is 0 Å². The smallest absolute Gasteiger partial charge is 0.344 e. The number of amides is 1. The van der Waals surface area contributed by atoms with E-state index in [9.17, 15) is 9.59 Å². The Labute approximate surface area is 229 Å². The minimum atomic E-state index is -1.08. The molecule has 0 atom stereocenters. The van der Waals surface area contributed by atoms with Crippen LogP contribution in [0.5, 0.6) is 5.75 Å². The average Bonchev–Trinajstić information content (AvgIpc) is 2.97. The molecule has 0 spiro atoms. The number of benzene rings is 3. The van der Waals surface area contributed by atoms with Gasteiger partial charge in [-0.15, -0.1) is 0 Å². The van der Waals surface area contributed by atoms with Crippen molar-refractivity contribution in [2.45, 2.75) is 25.8 Å². The Morgan fingerprint density at radius 2 is 1.54 bits per heavy atom. The molecule has 8 nitrogen and oxygen atoms in total. The minimum absolute atomic E-state index is 0.154. The molecule has 0 saturated carbocycles. The van der Waals surface area contributed by atoms with Crippen LogP contribution in [0.1, 0.15) is 42.5 Å². The maximum atomic E-state index is 12.9. The second-order valence-electron chi connectivity index (χ2n) is 9.46. The molecule has 1 saturated heterocycles. The Bertz CT molecular complexity index is 1200. The fraction of sp³-hybridized carbons (Fsp3) is 0.323. The van der Waals surface area contributed by atoms with Gasteiger partial charge < -0.3 is 19.6 Å². The summed E-state index contributed by atoms with van der Waals surface area (Å²) in [6.45, 7) is 4.73. The van der Waals surface area contributed by atoms with E-state index in [2.05, 4.69) is 58.6 Å². The van der Waals surface area contributed by atoms with E-state index in [0.717, 1.165) is 18.7 Å². The van der Waals surface area contributed by atoms with Crippen molar-refractivity contribution in [3.8, 4) is 5.75 Å². The lowest BCUT2D eigenvalue weighted by Gasteiger charge is -2.40. The maximum Gasteiger partial charge on any atom is 0.344 e. The molecule has 1 aliphatic rings. The van der Waals surface area contributed by atoms with Crippen LogP contribution in [0.2, 0.25) is 0 Å². The summed E-state index contributed by atoms with van der Waals surface area (Å²) >= 11 is 0. The van der Waals surface area contributed by atoms with Crippen molar-refractivity contribution in [1.82, 2.24) is 9.80 Å². The number of hydrogen-bond acceptors (Lipinski definition) is 6. The number of carboxylic acid groups (broad SMARTS) is 1. The lowest BCUT2D eigenvalue weighted by molar-refractivity contribution is -0.142. The summed E-state index contributed by atoms with van der Waals surface area (Å²) in [6.07, 6.45) is 1.05. The number of rotatable bonds is 12. The van der Waals surface area contributed by atoms with Crippen molar-refractivity contribution >= 4 is 17.6 Å². The second kappa shape index (κ2) is 14.1. The molecule has 0 aliphatic carbocycles. The van der Waals surface area contributed by atoms with Gasteiger partial charge in [0.15, 0.2) is 0 Å². The van der Waals surface area contributed by atoms with Gasteiger partial charge in [0, 0.05) is 38.2 Å². The Morgan fingerprint density at radius 3 is 2.15 bits per heavy atom. The van der Waals surface area contributed by atoms with Crippen LogP contribution in [0.4, 0.5) is 0 Å². The summed E-state index contributed by atoms with van der Waals surface area (Å²) < 4.78 is 5.85. The molecule has 8 heteroatoms. The summed E-state index contributed by atoms with van der Waals surface area (Å²) in [5.41, 5.74) is 3.85. The molecule has 3 aromatic carbocycles. The monoisotopic (exact) mass is 529 g/mol. The SMILES string of the molecule is CC(=NOCC(=O)O)c1cccc(OCCCC(=O)N2CCN(C(c3ccccc3)c3ccccc3)CC2)c1. The Balaban J connectivity index is 1.24. The van der Waals surface area contributed by atoms with Gasteiger partial charge >= 0.3 is 5.97 Å². The maximum absolute atomic E-state index is 12.9. The highest BCUT2D eigenvalue weighted by molar-refractivity contribution is 5.98. The van der Waals surface area contributed by atoms with Gasteiger partial charge in [-0.05, 0) is 36.6 Å². The van der Waals surface area contributed by atoms with E-state index in [1.807, 2.05) is 41.3 Å². The molecule has 0 radical (unpaired) electrons. The zero-order valence-corrected chi connectivity index (χ0v) is 22.2. The Morgan fingerprint density at radius 1 is 0.897 bits per heavy atom. The van der Waals surface area contributed by atoms with E-state index in [1.165, 1.54) is 11.1 Å². The molecule has 1 amide bonds. The molecule has 4 rings (SSSR count). The normalized spacial score (nSPS) is 14.3. The molecule has 3 aromatic rings. The number of carboxylic acids is 1.